The molecule has 1 amide bonds. The van der Waals surface area contributed by atoms with Gasteiger partial charge in [-0.1, -0.05) is 24.3 Å². The van der Waals surface area contributed by atoms with Crippen LogP contribution in [0.25, 0.3) is 5.69 Å². The van der Waals surface area contributed by atoms with Crippen LogP contribution in [0.2, 0.25) is 0 Å². The molecule has 30 heavy (non-hydrogen) atoms. The lowest BCUT2D eigenvalue weighted by Gasteiger charge is -2.34. The number of hydrogen-bond acceptors (Lipinski definition) is 5. The van der Waals surface area contributed by atoms with E-state index in [1.165, 1.54) is 23.3 Å². The number of amides is 1. The lowest BCUT2D eigenvalue weighted by molar-refractivity contribution is -0.384. The monoisotopic (exact) mass is 405 g/mol. The van der Waals surface area contributed by atoms with E-state index in [4.69, 9.17) is 0 Å². The van der Waals surface area contributed by atoms with Gasteiger partial charge in [-0.05, 0) is 30.2 Å². The van der Waals surface area contributed by atoms with Crippen LogP contribution < -0.4 is 0 Å². The van der Waals surface area contributed by atoms with E-state index < -0.39 is 4.92 Å². The van der Waals surface area contributed by atoms with Gasteiger partial charge >= 0.3 is 0 Å². The van der Waals surface area contributed by atoms with Crippen molar-refractivity contribution in [2.45, 2.75) is 13.5 Å². The van der Waals surface area contributed by atoms with Crippen LogP contribution in [0.3, 0.4) is 0 Å². The molecule has 1 aliphatic heterocycles. The van der Waals surface area contributed by atoms with Gasteiger partial charge in [0.15, 0.2) is 0 Å². The normalized spacial score (nSPS) is 14.6. The number of carbonyl (C=O) groups excluding carboxylic acids is 1. The fraction of sp³-hybridized carbons (Fsp3) is 0.273. The molecule has 0 N–H and O–H groups in total. The van der Waals surface area contributed by atoms with Crippen molar-refractivity contribution in [2.24, 2.45) is 0 Å². The summed E-state index contributed by atoms with van der Waals surface area (Å²) in [6.07, 6.45) is 3.21. The molecule has 3 aromatic rings. The number of piperazine rings is 1. The van der Waals surface area contributed by atoms with Crippen molar-refractivity contribution in [3.63, 3.8) is 0 Å². The molecule has 0 aliphatic carbocycles. The highest BCUT2D eigenvalue weighted by Gasteiger charge is 2.23. The molecule has 1 saturated heterocycles. The van der Waals surface area contributed by atoms with Crippen LogP contribution in [0.4, 0.5) is 5.69 Å². The fourth-order valence-electron chi connectivity index (χ4n) is 3.62. The Morgan fingerprint density at radius 2 is 1.77 bits per heavy atom. The third kappa shape index (κ3) is 4.23. The number of benzene rings is 2. The average Bonchev–Trinajstić information content (AvgIpc) is 3.26. The molecule has 154 valence electrons. The van der Waals surface area contributed by atoms with Gasteiger partial charge < -0.3 is 4.90 Å². The summed E-state index contributed by atoms with van der Waals surface area (Å²) in [6.45, 7) is 6.03. The Hall–Kier alpha value is -3.52. The van der Waals surface area contributed by atoms with E-state index in [2.05, 4.69) is 35.1 Å². The number of carbonyl (C=O) groups is 1. The lowest BCUT2D eigenvalue weighted by Crippen LogP contribution is -2.48. The highest BCUT2D eigenvalue weighted by Crippen LogP contribution is 2.17. The fourth-order valence-corrected chi connectivity index (χ4v) is 3.62. The second-order valence-corrected chi connectivity index (χ2v) is 7.44. The van der Waals surface area contributed by atoms with Crippen LogP contribution in [-0.2, 0) is 6.54 Å². The molecule has 1 aliphatic rings. The third-order valence-corrected chi connectivity index (χ3v) is 5.47. The number of aryl methyl sites for hydroxylation is 1. The van der Waals surface area contributed by atoms with Gasteiger partial charge in [0, 0.05) is 51.1 Å². The molecule has 0 unspecified atom stereocenters. The second-order valence-electron chi connectivity index (χ2n) is 7.44. The second kappa shape index (κ2) is 8.46. The Balaban J connectivity index is 1.37. The van der Waals surface area contributed by atoms with Crippen molar-refractivity contribution >= 4 is 11.6 Å². The van der Waals surface area contributed by atoms with Gasteiger partial charge in [0.05, 0.1) is 22.4 Å². The van der Waals surface area contributed by atoms with Crippen molar-refractivity contribution < 1.29 is 9.72 Å². The first-order chi connectivity index (χ1) is 14.5. The van der Waals surface area contributed by atoms with Crippen molar-refractivity contribution in [2.75, 3.05) is 26.2 Å². The predicted molar refractivity (Wildman–Crippen MR) is 113 cm³/mol. The molecular formula is C22H23N5O3. The smallest absolute Gasteiger partial charge is 0.269 e. The maximum absolute atomic E-state index is 12.9. The molecule has 1 fully saturated rings. The molecular weight excluding hydrogens is 382 g/mol. The molecule has 0 radical (unpaired) electrons. The molecule has 2 aromatic carbocycles. The van der Waals surface area contributed by atoms with Gasteiger partial charge in [-0.15, -0.1) is 0 Å². The van der Waals surface area contributed by atoms with Crippen LogP contribution in [0, 0.1) is 17.0 Å². The number of non-ortho nitro benzene ring substituents is 1. The summed E-state index contributed by atoms with van der Waals surface area (Å²) in [5, 5.41) is 15.0. The molecule has 0 saturated carbocycles. The summed E-state index contributed by atoms with van der Waals surface area (Å²) in [4.78, 5) is 27.4. The van der Waals surface area contributed by atoms with Crippen molar-refractivity contribution in [3.8, 4) is 5.69 Å². The maximum Gasteiger partial charge on any atom is 0.269 e. The zero-order valence-corrected chi connectivity index (χ0v) is 16.8. The maximum atomic E-state index is 12.9. The summed E-state index contributed by atoms with van der Waals surface area (Å²) in [5.74, 6) is -0.0429. The number of hydrogen-bond donors (Lipinski definition) is 0. The molecule has 4 rings (SSSR count). The largest absolute Gasteiger partial charge is 0.336 e. The summed E-state index contributed by atoms with van der Waals surface area (Å²) >= 11 is 0. The molecule has 0 bridgehead atoms. The van der Waals surface area contributed by atoms with Crippen LogP contribution in [0.15, 0.2) is 60.9 Å². The lowest BCUT2D eigenvalue weighted by atomic mass is 10.1. The summed E-state index contributed by atoms with van der Waals surface area (Å²) in [5.41, 5.74) is 3.81. The van der Waals surface area contributed by atoms with Gasteiger partial charge in [0.25, 0.3) is 11.6 Å². The van der Waals surface area contributed by atoms with Gasteiger partial charge in [-0.2, -0.15) is 5.10 Å². The molecule has 0 spiro atoms. The van der Waals surface area contributed by atoms with Crippen LogP contribution >= 0.6 is 0 Å². The Labute approximate surface area is 174 Å². The Morgan fingerprint density at radius 3 is 2.43 bits per heavy atom. The Bertz CT molecular complexity index is 1050. The minimum Gasteiger partial charge on any atom is -0.336 e. The Kier molecular flexibility index (Phi) is 5.58. The molecule has 8 heteroatoms. The highest BCUT2D eigenvalue weighted by atomic mass is 16.6. The van der Waals surface area contributed by atoms with E-state index in [0.29, 0.717) is 24.3 Å². The number of rotatable bonds is 5. The van der Waals surface area contributed by atoms with Crippen LogP contribution in [0.1, 0.15) is 21.5 Å². The number of nitro benzene ring substituents is 1. The first-order valence-corrected chi connectivity index (χ1v) is 9.87. The van der Waals surface area contributed by atoms with Crippen molar-refractivity contribution in [1.82, 2.24) is 19.6 Å². The summed E-state index contributed by atoms with van der Waals surface area (Å²) in [6, 6.07) is 14.5. The van der Waals surface area contributed by atoms with E-state index in [9.17, 15) is 14.9 Å². The quantitative estimate of drug-likeness (QED) is 0.481. The van der Waals surface area contributed by atoms with E-state index in [1.807, 2.05) is 11.0 Å². The minimum absolute atomic E-state index is 0.0192. The first kappa shape index (κ1) is 19.8. The predicted octanol–water partition coefficient (Wildman–Crippen LogP) is 3.05. The van der Waals surface area contributed by atoms with Crippen LogP contribution in [0.5, 0.6) is 0 Å². The topological polar surface area (TPSA) is 84.5 Å². The zero-order chi connectivity index (χ0) is 21.1. The first-order valence-electron chi connectivity index (χ1n) is 9.87. The Morgan fingerprint density at radius 1 is 1.07 bits per heavy atom. The van der Waals surface area contributed by atoms with Crippen LogP contribution in [-0.4, -0.2) is 56.6 Å². The van der Waals surface area contributed by atoms with Gasteiger partial charge in [0.1, 0.15) is 0 Å². The van der Waals surface area contributed by atoms with Crippen molar-refractivity contribution in [3.05, 3.63) is 87.7 Å². The molecule has 0 atom stereocenters. The highest BCUT2D eigenvalue weighted by molar-refractivity contribution is 5.93. The van der Waals surface area contributed by atoms with Gasteiger partial charge in [-0.25, -0.2) is 4.68 Å². The summed E-state index contributed by atoms with van der Waals surface area (Å²) in [7, 11) is 0. The number of nitrogens with zero attached hydrogens (tertiary/aromatic N) is 5. The van der Waals surface area contributed by atoms with Gasteiger partial charge in [0.2, 0.25) is 0 Å². The van der Waals surface area contributed by atoms with E-state index in [0.717, 1.165) is 19.6 Å². The molecule has 1 aromatic heterocycles. The molecule has 8 nitrogen and oxygen atoms in total. The number of nitro groups is 1. The van der Waals surface area contributed by atoms with Gasteiger partial charge in [-0.3, -0.25) is 19.8 Å². The summed E-state index contributed by atoms with van der Waals surface area (Å²) < 4.78 is 1.56. The van der Waals surface area contributed by atoms with E-state index >= 15 is 0 Å². The zero-order valence-electron chi connectivity index (χ0n) is 16.8. The standard InChI is InChI=1S/C22H23N5O3/c1-17-4-2-3-5-18(17)15-24-10-12-25(13-11-24)22(28)19-14-23-26(16-19)20-6-8-21(9-7-20)27(29)30/h2-9,14,16H,10-13,15H2,1H3. The number of aromatic nitrogens is 2. The average molecular weight is 405 g/mol. The van der Waals surface area contributed by atoms with E-state index in [-0.39, 0.29) is 11.6 Å². The van der Waals surface area contributed by atoms with Crippen molar-refractivity contribution in [1.29, 1.82) is 0 Å². The minimum atomic E-state index is -0.444. The SMILES string of the molecule is Cc1ccccc1CN1CCN(C(=O)c2cnn(-c3ccc([N+](=O)[O-])cc3)c2)CC1. The third-order valence-electron chi connectivity index (χ3n) is 5.47. The van der Waals surface area contributed by atoms with E-state index in [1.54, 1.807) is 29.2 Å². The molecule has 2 heterocycles.